The van der Waals surface area contributed by atoms with Gasteiger partial charge in [-0.05, 0) is 42.0 Å². The Morgan fingerprint density at radius 1 is 1.26 bits per heavy atom. The van der Waals surface area contributed by atoms with Crippen molar-refractivity contribution in [3.05, 3.63) is 64.7 Å². The molecule has 0 saturated heterocycles. The summed E-state index contributed by atoms with van der Waals surface area (Å²) >= 11 is 0. The van der Waals surface area contributed by atoms with Gasteiger partial charge in [0, 0.05) is 23.4 Å². The zero-order chi connectivity index (χ0) is 19.0. The second kappa shape index (κ2) is 6.70. The van der Waals surface area contributed by atoms with Gasteiger partial charge in [-0.25, -0.2) is 4.79 Å². The minimum atomic E-state index is -0.806. The maximum atomic E-state index is 12.8. The van der Waals surface area contributed by atoms with Crippen LogP contribution in [0, 0.1) is 0 Å². The van der Waals surface area contributed by atoms with E-state index in [1.807, 2.05) is 18.2 Å². The highest BCUT2D eigenvalue weighted by molar-refractivity contribution is 6.01. The molecule has 0 spiro atoms. The second-order valence-corrected chi connectivity index (χ2v) is 7.36. The van der Waals surface area contributed by atoms with E-state index in [0.717, 1.165) is 23.1 Å². The third-order valence-corrected chi connectivity index (χ3v) is 5.73. The van der Waals surface area contributed by atoms with Gasteiger partial charge in [0.05, 0.1) is 12.1 Å². The summed E-state index contributed by atoms with van der Waals surface area (Å²) in [5, 5.41) is 18.8. The van der Waals surface area contributed by atoms with Crippen LogP contribution in [0.25, 0.3) is 0 Å². The maximum Gasteiger partial charge on any atom is 0.320 e. The van der Waals surface area contributed by atoms with Crippen LogP contribution >= 0.6 is 0 Å². The molecule has 0 bridgehead atoms. The zero-order valence-corrected chi connectivity index (χ0v) is 15.2. The number of hydrogen-bond donors (Lipinski definition) is 4. The number of urea groups is 1. The van der Waals surface area contributed by atoms with E-state index in [-0.39, 0.29) is 18.5 Å². The quantitative estimate of drug-likeness (QED) is 0.674. The van der Waals surface area contributed by atoms with Gasteiger partial charge in [0.1, 0.15) is 0 Å². The molecule has 0 aromatic heterocycles. The third kappa shape index (κ3) is 2.96. The van der Waals surface area contributed by atoms with E-state index >= 15 is 0 Å². The summed E-state index contributed by atoms with van der Waals surface area (Å²) in [5.74, 6) is 0.260. The van der Waals surface area contributed by atoms with Crippen LogP contribution in [0.1, 0.15) is 52.7 Å². The van der Waals surface area contributed by atoms with E-state index in [1.165, 1.54) is 0 Å². The largest absolute Gasteiger partial charge is 0.394 e. The predicted molar refractivity (Wildman–Crippen MR) is 103 cm³/mol. The minimum Gasteiger partial charge on any atom is -0.394 e. The molecule has 0 radical (unpaired) electrons. The molecule has 2 unspecified atom stereocenters. The van der Waals surface area contributed by atoms with Crippen LogP contribution in [0.15, 0.2) is 42.5 Å². The Morgan fingerprint density at radius 3 is 2.89 bits per heavy atom. The van der Waals surface area contributed by atoms with Crippen LogP contribution in [-0.2, 0) is 12.1 Å². The molecular weight excluding hydrogens is 342 g/mol. The van der Waals surface area contributed by atoms with E-state index in [2.05, 4.69) is 28.9 Å². The monoisotopic (exact) mass is 365 g/mol. The van der Waals surface area contributed by atoms with E-state index in [4.69, 9.17) is 0 Å². The van der Waals surface area contributed by atoms with E-state index in [9.17, 15) is 14.7 Å². The first-order chi connectivity index (χ1) is 13.0. The molecule has 27 heavy (non-hydrogen) atoms. The average Bonchev–Trinajstić information content (AvgIpc) is 3.07. The topological polar surface area (TPSA) is 90.5 Å². The number of benzene rings is 2. The van der Waals surface area contributed by atoms with Crippen molar-refractivity contribution in [1.82, 2.24) is 10.6 Å². The summed E-state index contributed by atoms with van der Waals surface area (Å²) in [7, 11) is 0. The van der Waals surface area contributed by atoms with Crippen LogP contribution in [-0.4, -0.2) is 23.7 Å². The number of nitrogens with one attached hydrogen (secondary N) is 3. The fourth-order valence-corrected chi connectivity index (χ4v) is 4.19. The molecule has 2 aromatic rings. The fraction of sp³-hybridized carbons (Fsp3) is 0.333. The predicted octanol–water partition coefficient (Wildman–Crippen LogP) is 2.84. The number of carbonyl (C=O) groups is 2. The van der Waals surface area contributed by atoms with Crippen molar-refractivity contribution in [2.75, 3.05) is 11.9 Å². The number of rotatable bonds is 3. The molecule has 4 rings (SSSR count). The zero-order valence-electron chi connectivity index (χ0n) is 15.2. The number of aliphatic hydroxyl groups excluding tert-OH is 1. The molecule has 6 nitrogen and oxygen atoms in total. The first-order valence-electron chi connectivity index (χ1n) is 9.23. The van der Waals surface area contributed by atoms with Crippen molar-refractivity contribution >= 4 is 17.6 Å². The Bertz CT molecular complexity index is 911. The Balaban J connectivity index is 1.60. The highest BCUT2D eigenvalue weighted by atomic mass is 16.3. The number of hydrogen-bond acceptors (Lipinski definition) is 3. The maximum absolute atomic E-state index is 12.8. The summed E-state index contributed by atoms with van der Waals surface area (Å²) in [4.78, 5) is 24.6. The van der Waals surface area contributed by atoms with Gasteiger partial charge in [0.2, 0.25) is 0 Å². The smallest absolute Gasteiger partial charge is 0.320 e. The number of anilines is 1. The van der Waals surface area contributed by atoms with Crippen molar-refractivity contribution < 1.29 is 14.7 Å². The molecule has 0 saturated carbocycles. The molecule has 140 valence electrons. The average molecular weight is 365 g/mol. The first kappa shape index (κ1) is 17.5. The molecule has 2 atom stereocenters. The van der Waals surface area contributed by atoms with E-state index in [1.54, 1.807) is 18.2 Å². The Hall–Kier alpha value is -2.86. The van der Waals surface area contributed by atoms with Crippen LogP contribution in [0.4, 0.5) is 10.5 Å². The van der Waals surface area contributed by atoms with Crippen molar-refractivity contribution in [2.24, 2.45) is 0 Å². The van der Waals surface area contributed by atoms with E-state index < -0.39 is 5.54 Å². The third-order valence-electron chi connectivity index (χ3n) is 5.73. The SMILES string of the molecule is CC1CCC(CO)(NC(=O)Nc2cccc3c2CNC3=O)c2ccccc21. The van der Waals surface area contributed by atoms with Gasteiger partial charge in [-0.15, -0.1) is 0 Å². The van der Waals surface area contributed by atoms with Gasteiger partial charge < -0.3 is 21.1 Å². The van der Waals surface area contributed by atoms with Crippen molar-refractivity contribution in [2.45, 2.75) is 37.8 Å². The molecule has 1 aliphatic carbocycles. The molecule has 6 heteroatoms. The fourth-order valence-electron chi connectivity index (χ4n) is 4.19. The lowest BCUT2D eigenvalue weighted by Gasteiger charge is -2.40. The molecular formula is C21H23N3O3. The first-order valence-corrected chi connectivity index (χ1v) is 9.23. The molecule has 1 aliphatic heterocycles. The summed E-state index contributed by atoms with van der Waals surface area (Å²) in [6.45, 7) is 2.39. The summed E-state index contributed by atoms with van der Waals surface area (Å²) < 4.78 is 0. The second-order valence-electron chi connectivity index (χ2n) is 7.36. The number of carbonyl (C=O) groups excluding carboxylic acids is 2. The van der Waals surface area contributed by atoms with Gasteiger partial charge in [-0.3, -0.25) is 4.79 Å². The van der Waals surface area contributed by atoms with Crippen LogP contribution in [0.2, 0.25) is 0 Å². The molecule has 3 amide bonds. The van der Waals surface area contributed by atoms with Gasteiger partial charge in [0.25, 0.3) is 5.91 Å². The molecule has 2 aromatic carbocycles. The number of amides is 3. The van der Waals surface area contributed by atoms with Crippen LogP contribution < -0.4 is 16.0 Å². The Kier molecular flexibility index (Phi) is 4.36. The summed E-state index contributed by atoms with van der Waals surface area (Å²) in [5.41, 5.74) is 3.30. The van der Waals surface area contributed by atoms with Gasteiger partial charge in [-0.1, -0.05) is 37.3 Å². The lowest BCUT2D eigenvalue weighted by molar-refractivity contribution is 0.0965. The standard InChI is InChI=1S/C21H23N3O3/c1-13-9-10-21(12-25,17-7-3-2-5-14(13)17)24-20(27)23-18-8-4-6-15-16(18)11-22-19(15)26/h2-8,13,25H,9-12H2,1H3,(H,22,26)(H2,23,24,27). The van der Waals surface area contributed by atoms with Crippen LogP contribution in [0.3, 0.4) is 0 Å². The molecule has 0 fully saturated rings. The Labute approximate surface area is 158 Å². The van der Waals surface area contributed by atoms with Gasteiger partial charge >= 0.3 is 6.03 Å². The molecule has 4 N–H and O–H groups in total. The van der Waals surface area contributed by atoms with Crippen molar-refractivity contribution in [3.8, 4) is 0 Å². The number of fused-ring (bicyclic) bond motifs is 2. The van der Waals surface area contributed by atoms with Crippen LogP contribution in [0.5, 0.6) is 0 Å². The lowest BCUT2D eigenvalue weighted by Crippen LogP contribution is -2.52. The Morgan fingerprint density at radius 2 is 2.07 bits per heavy atom. The van der Waals surface area contributed by atoms with Gasteiger partial charge in [-0.2, -0.15) is 0 Å². The van der Waals surface area contributed by atoms with Gasteiger partial charge in [0.15, 0.2) is 0 Å². The van der Waals surface area contributed by atoms with Crippen molar-refractivity contribution in [3.63, 3.8) is 0 Å². The molecule has 1 heterocycles. The number of aliphatic hydroxyl groups is 1. The normalized spacial score (nSPS) is 23.2. The van der Waals surface area contributed by atoms with Crippen molar-refractivity contribution in [1.29, 1.82) is 0 Å². The lowest BCUT2D eigenvalue weighted by atomic mass is 9.72. The summed E-state index contributed by atoms with van der Waals surface area (Å²) in [6.07, 6.45) is 1.55. The van der Waals surface area contributed by atoms with E-state index in [0.29, 0.717) is 30.1 Å². The summed E-state index contributed by atoms with van der Waals surface area (Å²) in [6, 6.07) is 12.8. The highest BCUT2D eigenvalue weighted by Crippen LogP contribution is 2.41. The minimum absolute atomic E-state index is 0.129. The highest BCUT2D eigenvalue weighted by Gasteiger charge is 2.39. The molecule has 2 aliphatic rings.